The molecule has 96 valence electrons. The summed E-state index contributed by atoms with van der Waals surface area (Å²) in [6.07, 6.45) is 5.54. The number of rotatable bonds is 4. The Kier molecular flexibility index (Phi) is 3.62. The summed E-state index contributed by atoms with van der Waals surface area (Å²) in [5, 5.41) is 3.68. The zero-order valence-electron chi connectivity index (χ0n) is 11.6. The lowest BCUT2D eigenvalue weighted by molar-refractivity contribution is 0.301. The number of furan rings is 1. The van der Waals surface area contributed by atoms with Crippen LogP contribution in [0.4, 0.5) is 0 Å². The molecular formula is C15H25NO. The Hall–Kier alpha value is -0.760. The molecule has 1 unspecified atom stereocenters. The van der Waals surface area contributed by atoms with Crippen molar-refractivity contribution in [3.8, 4) is 0 Å². The molecule has 1 aliphatic carbocycles. The molecule has 0 amide bonds. The molecule has 1 N–H and O–H groups in total. The standard InChI is InChI=1S/C15H25NO/c1-11-9-14(13(3)17-11)12(2)16-10-15(4)7-5-6-8-15/h9,12,16H,5-8,10H2,1-4H3. The van der Waals surface area contributed by atoms with Crippen molar-refractivity contribution >= 4 is 0 Å². The van der Waals surface area contributed by atoms with Gasteiger partial charge >= 0.3 is 0 Å². The highest BCUT2D eigenvalue weighted by atomic mass is 16.3. The lowest BCUT2D eigenvalue weighted by Gasteiger charge is -2.26. The second kappa shape index (κ2) is 4.85. The van der Waals surface area contributed by atoms with Crippen molar-refractivity contribution in [2.45, 2.75) is 59.4 Å². The molecule has 0 bridgehead atoms. The van der Waals surface area contributed by atoms with Crippen LogP contribution in [0.15, 0.2) is 10.5 Å². The molecule has 1 heterocycles. The van der Waals surface area contributed by atoms with Crippen molar-refractivity contribution in [3.05, 3.63) is 23.2 Å². The van der Waals surface area contributed by atoms with E-state index in [1.165, 1.54) is 31.2 Å². The average molecular weight is 235 g/mol. The second-order valence-corrected chi connectivity index (χ2v) is 5.99. The first-order valence-electron chi connectivity index (χ1n) is 6.80. The first kappa shape index (κ1) is 12.7. The fourth-order valence-corrected chi connectivity index (χ4v) is 3.00. The van der Waals surface area contributed by atoms with Crippen molar-refractivity contribution in [3.63, 3.8) is 0 Å². The minimum absolute atomic E-state index is 0.393. The van der Waals surface area contributed by atoms with Gasteiger partial charge in [-0.25, -0.2) is 0 Å². The highest BCUT2D eigenvalue weighted by Crippen LogP contribution is 2.37. The van der Waals surface area contributed by atoms with Crippen molar-refractivity contribution in [1.82, 2.24) is 5.32 Å². The third kappa shape index (κ3) is 2.92. The van der Waals surface area contributed by atoms with Gasteiger partial charge in [0.05, 0.1) is 0 Å². The molecule has 0 aliphatic heterocycles. The number of nitrogens with one attached hydrogen (secondary N) is 1. The summed E-state index contributed by atoms with van der Waals surface area (Å²) < 4.78 is 5.59. The Labute approximate surface area is 105 Å². The molecule has 0 saturated heterocycles. The van der Waals surface area contributed by atoms with Gasteiger partial charge in [-0.15, -0.1) is 0 Å². The van der Waals surface area contributed by atoms with Gasteiger partial charge < -0.3 is 9.73 Å². The number of hydrogen-bond donors (Lipinski definition) is 1. The monoisotopic (exact) mass is 235 g/mol. The van der Waals surface area contributed by atoms with Gasteiger partial charge in [-0.1, -0.05) is 19.8 Å². The van der Waals surface area contributed by atoms with E-state index in [-0.39, 0.29) is 0 Å². The fourth-order valence-electron chi connectivity index (χ4n) is 3.00. The molecule has 0 spiro atoms. The molecule has 1 fully saturated rings. The molecule has 0 radical (unpaired) electrons. The van der Waals surface area contributed by atoms with Crippen LogP contribution in [0.5, 0.6) is 0 Å². The highest BCUT2D eigenvalue weighted by Gasteiger charge is 2.28. The maximum atomic E-state index is 5.59. The van der Waals surface area contributed by atoms with Crippen LogP contribution in [0.1, 0.15) is 62.7 Å². The quantitative estimate of drug-likeness (QED) is 0.849. The maximum Gasteiger partial charge on any atom is 0.105 e. The Bertz CT molecular complexity index is 374. The van der Waals surface area contributed by atoms with Gasteiger partial charge in [-0.2, -0.15) is 0 Å². The third-order valence-corrected chi connectivity index (χ3v) is 4.19. The van der Waals surface area contributed by atoms with Gasteiger partial charge in [0.1, 0.15) is 11.5 Å². The van der Waals surface area contributed by atoms with E-state index in [1.807, 2.05) is 6.92 Å². The molecule has 1 atom stereocenters. The number of hydrogen-bond acceptors (Lipinski definition) is 2. The van der Waals surface area contributed by atoms with E-state index in [2.05, 4.69) is 32.2 Å². The van der Waals surface area contributed by atoms with Crippen molar-refractivity contribution in [2.24, 2.45) is 5.41 Å². The van der Waals surface area contributed by atoms with Crippen LogP contribution >= 0.6 is 0 Å². The van der Waals surface area contributed by atoms with E-state index in [4.69, 9.17) is 4.42 Å². The van der Waals surface area contributed by atoms with E-state index in [0.717, 1.165) is 18.1 Å². The zero-order valence-corrected chi connectivity index (χ0v) is 11.6. The summed E-state index contributed by atoms with van der Waals surface area (Å²) in [5.74, 6) is 2.07. The molecule has 0 aromatic carbocycles. The van der Waals surface area contributed by atoms with Crippen molar-refractivity contribution < 1.29 is 4.42 Å². The molecule has 2 heteroatoms. The van der Waals surface area contributed by atoms with Crippen molar-refractivity contribution in [2.75, 3.05) is 6.54 Å². The van der Waals surface area contributed by atoms with E-state index < -0.39 is 0 Å². The summed E-state index contributed by atoms with van der Waals surface area (Å²) in [6.45, 7) is 9.83. The van der Waals surface area contributed by atoms with Gasteiger partial charge in [0.2, 0.25) is 0 Å². The van der Waals surface area contributed by atoms with Gasteiger partial charge in [-0.3, -0.25) is 0 Å². The van der Waals surface area contributed by atoms with Crippen LogP contribution in [0.25, 0.3) is 0 Å². The molecule has 1 aromatic heterocycles. The predicted molar refractivity (Wildman–Crippen MR) is 71.2 cm³/mol. The summed E-state index contributed by atoms with van der Waals surface area (Å²) in [7, 11) is 0. The lowest BCUT2D eigenvalue weighted by atomic mass is 9.88. The van der Waals surface area contributed by atoms with Crippen LogP contribution in [0, 0.1) is 19.3 Å². The smallest absolute Gasteiger partial charge is 0.105 e. The first-order valence-corrected chi connectivity index (χ1v) is 6.80. The molecule has 2 rings (SSSR count). The van der Waals surface area contributed by atoms with E-state index in [0.29, 0.717) is 11.5 Å². The Morgan fingerprint density at radius 2 is 2.00 bits per heavy atom. The van der Waals surface area contributed by atoms with Crippen LogP contribution in [-0.4, -0.2) is 6.54 Å². The Balaban J connectivity index is 1.93. The lowest BCUT2D eigenvalue weighted by Crippen LogP contribution is -2.31. The molecule has 17 heavy (non-hydrogen) atoms. The SMILES string of the molecule is Cc1cc(C(C)NCC2(C)CCCC2)c(C)o1. The zero-order chi connectivity index (χ0) is 12.5. The normalized spacial score (nSPS) is 20.7. The Morgan fingerprint density at radius 1 is 1.35 bits per heavy atom. The predicted octanol–water partition coefficient (Wildman–Crippen LogP) is 4.13. The van der Waals surface area contributed by atoms with E-state index >= 15 is 0 Å². The second-order valence-electron chi connectivity index (χ2n) is 5.99. The largest absolute Gasteiger partial charge is 0.466 e. The van der Waals surface area contributed by atoms with Crippen LogP contribution < -0.4 is 5.32 Å². The summed E-state index contributed by atoms with van der Waals surface area (Å²) in [4.78, 5) is 0. The minimum atomic E-state index is 0.393. The molecule has 1 aromatic rings. The molecular weight excluding hydrogens is 210 g/mol. The third-order valence-electron chi connectivity index (χ3n) is 4.19. The van der Waals surface area contributed by atoms with Crippen molar-refractivity contribution in [1.29, 1.82) is 0 Å². The van der Waals surface area contributed by atoms with Gasteiger partial charge in [0.25, 0.3) is 0 Å². The summed E-state index contributed by atoms with van der Waals surface area (Å²) in [5.41, 5.74) is 1.82. The van der Waals surface area contributed by atoms with Gasteiger partial charge in [-0.05, 0) is 45.1 Å². The molecule has 1 aliphatic rings. The summed E-state index contributed by atoms with van der Waals surface area (Å²) in [6, 6.07) is 2.55. The maximum absolute atomic E-state index is 5.59. The Morgan fingerprint density at radius 3 is 2.53 bits per heavy atom. The molecule has 1 saturated carbocycles. The summed E-state index contributed by atoms with van der Waals surface area (Å²) >= 11 is 0. The average Bonchev–Trinajstić information content (AvgIpc) is 2.83. The van der Waals surface area contributed by atoms with E-state index in [1.54, 1.807) is 0 Å². The topological polar surface area (TPSA) is 25.2 Å². The van der Waals surface area contributed by atoms with Gasteiger partial charge in [0.15, 0.2) is 0 Å². The first-order chi connectivity index (χ1) is 8.00. The highest BCUT2D eigenvalue weighted by molar-refractivity contribution is 5.23. The fraction of sp³-hybridized carbons (Fsp3) is 0.733. The van der Waals surface area contributed by atoms with E-state index in [9.17, 15) is 0 Å². The molecule has 2 nitrogen and oxygen atoms in total. The van der Waals surface area contributed by atoms with Crippen LogP contribution in [0.3, 0.4) is 0 Å². The minimum Gasteiger partial charge on any atom is -0.466 e. The van der Waals surface area contributed by atoms with Crippen LogP contribution in [0.2, 0.25) is 0 Å². The van der Waals surface area contributed by atoms with Gasteiger partial charge in [0, 0.05) is 18.2 Å². The van der Waals surface area contributed by atoms with Crippen LogP contribution in [-0.2, 0) is 0 Å². The number of aryl methyl sites for hydroxylation is 2.